The number of nitrogens with zero attached hydrogens (tertiary/aromatic N) is 2. The molecule has 0 radical (unpaired) electrons. The molecule has 0 saturated carbocycles. The van der Waals surface area contributed by atoms with Crippen molar-refractivity contribution < 1.29 is 4.79 Å². The lowest BCUT2D eigenvalue weighted by atomic mass is 10.2. The van der Waals surface area contributed by atoms with E-state index >= 15 is 0 Å². The van der Waals surface area contributed by atoms with E-state index in [-0.39, 0.29) is 0 Å². The molecule has 0 unspecified atom stereocenters. The first-order valence-corrected chi connectivity index (χ1v) is 9.72. The molecule has 150 valence electrons. The third kappa shape index (κ3) is 16.3. The molecule has 0 aliphatic rings. The minimum atomic E-state index is -0.455. The van der Waals surface area contributed by atoms with Gasteiger partial charge in [-0.05, 0) is 97.4 Å². The number of nitrogens with two attached hydrogens (primary N) is 4. The fraction of sp³-hybridized carbons (Fsp3) is 0.941. The summed E-state index contributed by atoms with van der Waals surface area (Å²) < 4.78 is 0. The average molecular weight is 360 g/mol. The third-order valence-corrected chi connectivity index (χ3v) is 4.18. The standard InChI is InChI=1S/C17H41N7O/c18-7-3-13-23(14-4-8-19)11-1-2-12-24(15-5-9-20)16-6-10-22-17(21)25/h1-16,18-20H2,(H3,21,22,25). The Morgan fingerprint density at radius 1 is 0.640 bits per heavy atom. The van der Waals surface area contributed by atoms with E-state index in [2.05, 4.69) is 15.1 Å². The molecule has 0 aromatic carbocycles. The van der Waals surface area contributed by atoms with Gasteiger partial charge in [-0.2, -0.15) is 0 Å². The van der Waals surface area contributed by atoms with Crippen molar-refractivity contribution in [3.8, 4) is 0 Å². The summed E-state index contributed by atoms with van der Waals surface area (Å²) in [5, 5.41) is 2.64. The molecule has 8 heteroatoms. The van der Waals surface area contributed by atoms with Crippen LogP contribution in [0.4, 0.5) is 4.79 Å². The minimum absolute atomic E-state index is 0.455. The van der Waals surface area contributed by atoms with Gasteiger partial charge in [-0.15, -0.1) is 0 Å². The van der Waals surface area contributed by atoms with Crippen molar-refractivity contribution in [3.63, 3.8) is 0 Å². The van der Waals surface area contributed by atoms with Crippen LogP contribution < -0.4 is 28.3 Å². The van der Waals surface area contributed by atoms with Crippen LogP contribution in [-0.4, -0.2) is 81.3 Å². The number of hydrogen-bond acceptors (Lipinski definition) is 6. The maximum atomic E-state index is 10.7. The molecule has 25 heavy (non-hydrogen) atoms. The van der Waals surface area contributed by atoms with Crippen LogP contribution >= 0.6 is 0 Å². The second kappa shape index (κ2) is 17.9. The number of nitrogens with one attached hydrogen (secondary N) is 1. The van der Waals surface area contributed by atoms with Gasteiger partial charge >= 0.3 is 6.03 Å². The molecule has 0 saturated heterocycles. The van der Waals surface area contributed by atoms with Crippen LogP contribution in [0.3, 0.4) is 0 Å². The highest BCUT2D eigenvalue weighted by Gasteiger charge is 2.07. The van der Waals surface area contributed by atoms with E-state index in [4.69, 9.17) is 22.9 Å². The Kier molecular flexibility index (Phi) is 17.2. The van der Waals surface area contributed by atoms with Crippen molar-refractivity contribution >= 4 is 6.03 Å². The molecule has 0 spiro atoms. The van der Waals surface area contributed by atoms with Crippen molar-refractivity contribution in [1.29, 1.82) is 0 Å². The lowest BCUT2D eigenvalue weighted by Crippen LogP contribution is -2.34. The van der Waals surface area contributed by atoms with E-state index in [1.165, 1.54) is 6.42 Å². The summed E-state index contributed by atoms with van der Waals surface area (Å²) in [6.07, 6.45) is 6.33. The zero-order chi connectivity index (χ0) is 18.8. The second-order valence-corrected chi connectivity index (χ2v) is 6.46. The third-order valence-electron chi connectivity index (χ3n) is 4.18. The highest BCUT2D eigenvalue weighted by molar-refractivity contribution is 5.71. The van der Waals surface area contributed by atoms with E-state index < -0.39 is 6.03 Å². The Morgan fingerprint density at radius 3 is 1.36 bits per heavy atom. The number of urea groups is 1. The summed E-state index contributed by atoms with van der Waals surface area (Å²) in [7, 11) is 0. The number of hydrogen-bond donors (Lipinski definition) is 5. The number of carbonyl (C=O) groups is 1. The van der Waals surface area contributed by atoms with E-state index in [1.807, 2.05) is 0 Å². The lowest BCUT2D eigenvalue weighted by molar-refractivity contribution is 0.234. The van der Waals surface area contributed by atoms with Crippen LogP contribution in [-0.2, 0) is 0 Å². The smallest absolute Gasteiger partial charge is 0.312 e. The van der Waals surface area contributed by atoms with Gasteiger partial charge in [0.15, 0.2) is 0 Å². The quantitative estimate of drug-likeness (QED) is 0.209. The van der Waals surface area contributed by atoms with Crippen LogP contribution in [0.1, 0.15) is 38.5 Å². The zero-order valence-electron chi connectivity index (χ0n) is 15.9. The van der Waals surface area contributed by atoms with Crippen molar-refractivity contribution in [3.05, 3.63) is 0 Å². The van der Waals surface area contributed by atoms with Crippen molar-refractivity contribution in [2.45, 2.75) is 38.5 Å². The molecule has 0 bridgehead atoms. The first-order chi connectivity index (χ1) is 12.1. The van der Waals surface area contributed by atoms with E-state index in [1.54, 1.807) is 0 Å². The van der Waals surface area contributed by atoms with Crippen LogP contribution in [0, 0.1) is 0 Å². The number of carbonyl (C=O) groups excluding carboxylic acids is 1. The molecular weight excluding hydrogens is 318 g/mol. The normalized spacial score (nSPS) is 11.4. The van der Waals surface area contributed by atoms with Gasteiger partial charge in [0.05, 0.1) is 0 Å². The molecule has 0 aliphatic heterocycles. The molecule has 0 rings (SSSR count). The van der Waals surface area contributed by atoms with Crippen LogP contribution in [0.2, 0.25) is 0 Å². The minimum Gasteiger partial charge on any atom is -0.352 e. The molecule has 0 aromatic heterocycles. The molecule has 2 amide bonds. The maximum Gasteiger partial charge on any atom is 0.312 e. The van der Waals surface area contributed by atoms with Crippen molar-refractivity contribution in [2.24, 2.45) is 22.9 Å². The fourth-order valence-electron chi connectivity index (χ4n) is 2.80. The van der Waals surface area contributed by atoms with E-state index in [0.717, 1.165) is 84.5 Å². The molecule has 0 fully saturated rings. The molecule has 8 nitrogen and oxygen atoms in total. The number of primary amides is 1. The molecule has 0 aliphatic carbocycles. The maximum absolute atomic E-state index is 10.7. The lowest BCUT2D eigenvalue weighted by Gasteiger charge is -2.24. The Hall–Kier alpha value is -0.930. The first-order valence-electron chi connectivity index (χ1n) is 9.72. The summed E-state index contributed by atoms with van der Waals surface area (Å²) in [5.74, 6) is 0. The van der Waals surface area contributed by atoms with Crippen LogP contribution in [0.25, 0.3) is 0 Å². The predicted molar refractivity (Wildman–Crippen MR) is 105 cm³/mol. The van der Waals surface area contributed by atoms with Gasteiger partial charge in [0, 0.05) is 6.54 Å². The Labute approximate surface area is 153 Å². The summed E-state index contributed by atoms with van der Waals surface area (Å²) in [4.78, 5) is 15.6. The number of unbranched alkanes of at least 4 members (excludes halogenated alkanes) is 1. The van der Waals surface area contributed by atoms with Crippen molar-refractivity contribution in [1.82, 2.24) is 15.1 Å². The SMILES string of the molecule is NCCCN(CCCN)CCCCN(CCCN)CCCNC(N)=O. The Balaban J connectivity index is 3.99. The van der Waals surface area contributed by atoms with Gasteiger partial charge in [0.2, 0.25) is 0 Å². The number of amides is 2. The largest absolute Gasteiger partial charge is 0.352 e. The number of rotatable bonds is 18. The van der Waals surface area contributed by atoms with Gasteiger partial charge in [-0.3, -0.25) is 0 Å². The van der Waals surface area contributed by atoms with Crippen LogP contribution in [0.5, 0.6) is 0 Å². The van der Waals surface area contributed by atoms with Crippen molar-refractivity contribution in [2.75, 3.05) is 65.4 Å². The van der Waals surface area contributed by atoms with Gasteiger partial charge in [0.25, 0.3) is 0 Å². The Bertz CT molecular complexity index is 297. The van der Waals surface area contributed by atoms with Gasteiger partial charge in [-0.1, -0.05) is 0 Å². The summed E-state index contributed by atoms with van der Waals surface area (Å²) in [6, 6.07) is -0.455. The summed E-state index contributed by atoms with van der Waals surface area (Å²) >= 11 is 0. The zero-order valence-corrected chi connectivity index (χ0v) is 15.9. The van der Waals surface area contributed by atoms with Gasteiger partial charge < -0.3 is 38.1 Å². The van der Waals surface area contributed by atoms with E-state index in [0.29, 0.717) is 13.1 Å². The summed E-state index contributed by atoms with van der Waals surface area (Å²) in [5.41, 5.74) is 22.0. The molecule has 0 heterocycles. The molecular formula is C17H41N7O. The topological polar surface area (TPSA) is 140 Å². The highest BCUT2D eigenvalue weighted by Crippen LogP contribution is 2.02. The average Bonchev–Trinajstić information content (AvgIpc) is 2.60. The monoisotopic (exact) mass is 359 g/mol. The molecule has 9 N–H and O–H groups in total. The second-order valence-electron chi connectivity index (χ2n) is 6.46. The van der Waals surface area contributed by atoms with E-state index in [9.17, 15) is 4.79 Å². The van der Waals surface area contributed by atoms with Gasteiger partial charge in [-0.25, -0.2) is 4.79 Å². The first kappa shape index (κ1) is 24.1. The molecule has 0 aromatic rings. The fourth-order valence-corrected chi connectivity index (χ4v) is 2.80. The molecule has 0 atom stereocenters. The Morgan fingerprint density at radius 2 is 1.00 bits per heavy atom. The summed E-state index contributed by atoms with van der Waals surface area (Å²) in [6.45, 7) is 9.09. The highest BCUT2D eigenvalue weighted by atomic mass is 16.2. The van der Waals surface area contributed by atoms with Crippen LogP contribution in [0.15, 0.2) is 0 Å². The van der Waals surface area contributed by atoms with Gasteiger partial charge in [0.1, 0.15) is 0 Å². The predicted octanol–water partition coefficient (Wildman–Crippen LogP) is -0.525.